The van der Waals surface area contributed by atoms with Gasteiger partial charge in [-0.3, -0.25) is 9.89 Å². The largest absolute Gasteiger partial charge is 0.389 e. The van der Waals surface area contributed by atoms with Gasteiger partial charge in [-0.25, -0.2) is 0 Å². The van der Waals surface area contributed by atoms with Crippen LogP contribution in [-0.4, -0.2) is 85.5 Å². The Morgan fingerprint density at radius 1 is 1.15 bits per heavy atom. The molecular weight excluding hydrogens is 340 g/mol. The van der Waals surface area contributed by atoms with Crippen molar-refractivity contribution in [2.75, 3.05) is 52.5 Å². The molecule has 6 heteroatoms. The van der Waals surface area contributed by atoms with Crippen LogP contribution in [0.25, 0.3) is 0 Å². The van der Waals surface area contributed by atoms with Gasteiger partial charge in [-0.1, -0.05) is 20.3 Å². The van der Waals surface area contributed by atoms with Gasteiger partial charge >= 0.3 is 0 Å². The third-order valence-corrected chi connectivity index (χ3v) is 6.33. The molecule has 27 heavy (non-hydrogen) atoms. The fraction of sp³-hybridized carbons (Fsp3) is 0.952. The van der Waals surface area contributed by atoms with E-state index in [4.69, 9.17) is 4.74 Å². The topological polar surface area (TPSA) is 60.3 Å². The predicted molar refractivity (Wildman–Crippen MR) is 110 cm³/mol. The highest BCUT2D eigenvalue weighted by Gasteiger charge is 2.42. The molecule has 6 nitrogen and oxygen atoms in total. The molecule has 3 rings (SSSR count). The van der Waals surface area contributed by atoms with Gasteiger partial charge < -0.3 is 20.1 Å². The zero-order valence-electron chi connectivity index (χ0n) is 17.6. The zero-order valence-corrected chi connectivity index (χ0v) is 17.6. The highest BCUT2D eigenvalue weighted by atomic mass is 16.5. The molecule has 0 spiro atoms. The van der Waals surface area contributed by atoms with Crippen LogP contribution < -0.4 is 5.32 Å². The molecule has 0 aromatic heterocycles. The van der Waals surface area contributed by atoms with E-state index in [1.165, 1.54) is 25.7 Å². The van der Waals surface area contributed by atoms with E-state index in [1.54, 1.807) is 0 Å². The summed E-state index contributed by atoms with van der Waals surface area (Å²) in [7, 11) is 0. The van der Waals surface area contributed by atoms with Crippen molar-refractivity contribution in [3.8, 4) is 0 Å². The molecule has 2 aliphatic carbocycles. The Labute approximate surface area is 165 Å². The maximum Gasteiger partial charge on any atom is 0.194 e. The first-order valence-corrected chi connectivity index (χ1v) is 11.1. The van der Waals surface area contributed by atoms with E-state index in [2.05, 4.69) is 40.9 Å². The summed E-state index contributed by atoms with van der Waals surface area (Å²) in [4.78, 5) is 9.77. The molecule has 4 unspecified atom stereocenters. The minimum atomic E-state index is -0.535. The summed E-state index contributed by atoms with van der Waals surface area (Å²) in [6.07, 6.45) is 5.30. The second-order valence-corrected chi connectivity index (χ2v) is 9.04. The van der Waals surface area contributed by atoms with Gasteiger partial charge in [0.2, 0.25) is 0 Å². The number of hydrogen-bond donors (Lipinski definition) is 2. The van der Waals surface area contributed by atoms with Gasteiger partial charge in [0.25, 0.3) is 0 Å². The van der Waals surface area contributed by atoms with Crippen LogP contribution in [0.5, 0.6) is 0 Å². The van der Waals surface area contributed by atoms with Crippen LogP contribution in [0.3, 0.4) is 0 Å². The van der Waals surface area contributed by atoms with E-state index in [-0.39, 0.29) is 0 Å². The van der Waals surface area contributed by atoms with E-state index < -0.39 is 6.10 Å². The molecule has 0 amide bonds. The average molecular weight is 381 g/mol. The Hall–Kier alpha value is -0.850. The van der Waals surface area contributed by atoms with Gasteiger partial charge in [-0.15, -0.1) is 0 Å². The lowest BCUT2D eigenvalue weighted by Gasteiger charge is -2.42. The van der Waals surface area contributed by atoms with E-state index in [0.29, 0.717) is 25.7 Å². The smallest absolute Gasteiger partial charge is 0.194 e. The average Bonchev–Trinajstić information content (AvgIpc) is 3.28. The zero-order chi connectivity index (χ0) is 19.2. The molecule has 2 bridgehead atoms. The van der Waals surface area contributed by atoms with Crippen molar-refractivity contribution in [1.29, 1.82) is 0 Å². The highest BCUT2D eigenvalue weighted by Crippen LogP contribution is 2.46. The third kappa shape index (κ3) is 5.81. The second kappa shape index (κ2) is 10.1. The summed E-state index contributed by atoms with van der Waals surface area (Å²) in [6, 6.07) is 0.838. The molecule has 0 radical (unpaired) electrons. The molecule has 1 saturated heterocycles. The van der Waals surface area contributed by atoms with Crippen molar-refractivity contribution in [3.05, 3.63) is 0 Å². The summed E-state index contributed by atoms with van der Waals surface area (Å²) in [5.74, 6) is 3.40. The monoisotopic (exact) mass is 380 g/mol. The lowest BCUT2D eigenvalue weighted by atomic mass is 9.93. The number of rotatable bonds is 8. The number of hydrogen-bond acceptors (Lipinski definition) is 4. The lowest BCUT2D eigenvalue weighted by molar-refractivity contribution is 0.0299. The number of piperazine rings is 1. The summed E-state index contributed by atoms with van der Waals surface area (Å²) in [5, 5.41) is 13.5. The maximum absolute atomic E-state index is 10.1. The number of aliphatic hydroxyl groups excluding tert-OH is 1. The van der Waals surface area contributed by atoms with E-state index in [9.17, 15) is 5.11 Å². The van der Waals surface area contributed by atoms with Gasteiger partial charge in [-0.05, 0) is 43.9 Å². The lowest BCUT2D eigenvalue weighted by Crippen LogP contribution is -2.55. The van der Waals surface area contributed by atoms with Crippen LogP contribution in [0.1, 0.15) is 46.5 Å². The number of aliphatic imine (C=N–C) groups is 1. The summed E-state index contributed by atoms with van der Waals surface area (Å²) < 4.78 is 5.53. The Morgan fingerprint density at radius 3 is 2.52 bits per heavy atom. The Kier molecular flexibility index (Phi) is 7.79. The molecule has 4 atom stereocenters. The van der Waals surface area contributed by atoms with Gasteiger partial charge in [0.1, 0.15) is 0 Å². The fourth-order valence-corrected chi connectivity index (χ4v) is 5.03. The number of nitrogens with one attached hydrogen (secondary N) is 1. The maximum atomic E-state index is 10.1. The molecule has 156 valence electrons. The van der Waals surface area contributed by atoms with Crippen molar-refractivity contribution < 1.29 is 9.84 Å². The summed E-state index contributed by atoms with van der Waals surface area (Å²) >= 11 is 0. The molecule has 3 fully saturated rings. The standard InChI is InChI=1S/C21H40N4O2/c1-4-22-21(23-13-19(26)15-27-14-16(2)3)25-9-7-24(8-10-25)20-12-17-5-6-18(20)11-17/h16-20,26H,4-15H2,1-3H3,(H,22,23). The summed E-state index contributed by atoms with van der Waals surface area (Å²) in [5.41, 5.74) is 0. The Morgan fingerprint density at radius 2 is 1.93 bits per heavy atom. The molecule has 2 saturated carbocycles. The van der Waals surface area contributed by atoms with E-state index >= 15 is 0 Å². The quantitative estimate of drug-likeness (QED) is 0.497. The molecular formula is C21H40N4O2. The third-order valence-electron chi connectivity index (χ3n) is 6.33. The van der Waals surface area contributed by atoms with Gasteiger partial charge in [0.05, 0.1) is 19.3 Å². The van der Waals surface area contributed by atoms with Crippen molar-refractivity contribution in [1.82, 2.24) is 15.1 Å². The van der Waals surface area contributed by atoms with E-state index in [0.717, 1.165) is 56.6 Å². The minimum absolute atomic E-state index is 0.360. The predicted octanol–water partition coefficient (Wildman–Crippen LogP) is 1.79. The molecule has 1 heterocycles. The van der Waals surface area contributed by atoms with Crippen LogP contribution in [0.2, 0.25) is 0 Å². The number of ether oxygens (including phenoxy) is 1. The van der Waals surface area contributed by atoms with Gasteiger partial charge in [0, 0.05) is 45.4 Å². The normalized spacial score (nSPS) is 30.3. The van der Waals surface area contributed by atoms with E-state index in [1.807, 2.05) is 0 Å². The number of nitrogens with zero attached hydrogens (tertiary/aromatic N) is 3. The Balaban J connectivity index is 1.44. The number of aliphatic hydroxyl groups is 1. The number of fused-ring (bicyclic) bond motifs is 2. The van der Waals surface area contributed by atoms with Crippen LogP contribution >= 0.6 is 0 Å². The molecule has 0 aromatic carbocycles. The van der Waals surface area contributed by atoms with Crippen molar-refractivity contribution in [2.45, 2.75) is 58.6 Å². The molecule has 0 aromatic rings. The minimum Gasteiger partial charge on any atom is -0.389 e. The number of guanidine groups is 1. The highest BCUT2D eigenvalue weighted by molar-refractivity contribution is 5.80. The van der Waals surface area contributed by atoms with Crippen LogP contribution in [0.4, 0.5) is 0 Å². The molecule has 1 aliphatic heterocycles. The first-order chi connectivity index (χ1) is 13.1. The second-order valence-electron chi connectivity index (χ2n) is 9.04. The summed E-state index contributed by atoms with van der Waals surface area (Å²) in [6.45, 7) is 13.0. The van der Waals surface area contributed by atoms with Crippen LogP contribution in [-0.2, 0) is 4.74 Å². The first kappa shape index (κ1) is 20.9. The van der Waals surface area contributed by atoms with Crippen molar-refractivity contribution >= 4 is 5.96 Å². The van der Waals surface area contributed by atoms with Crippen LogP contribution in [0.15, 0.2) is 4.99 Å². The molecule has 3 aliphatic rings. The fourth-order valence-electron chi connectivity index (χ4n) is 5.03. The molecule has 2 N–H and O–H groups in total. The first-order valence-electron chi connectivity index (χ1n) is 11.1. The van der Waals surface area contributed by atoms with Gasteiger partial charge in [-0.2, -0.15) is 0 Å². The SMILES string of the molecule is CCNC(=NCC(O)COCC(C)C)N1CCN(C2CC3CCC2C3)CC1. The van der Waals surface area contributed by atoms with Crippen molar-refractivity contribution in [2.24, 2.45) is 22.7 Å². The van der Waals surface area contributed by atoms with Crippen LogP contribution in [0, 0.1) is 17.8 Å². The van der Waals surface area contributed by atoms with Crippen molar-refractivity contribution in [3.63, 3.8) is 0 Å². The van der Waals surface area contributed by atoms with Gasteiger partial charge in [0.15, 0.2) is 5.96 Å². The Bertz CT molecular complexity index is 477.